The first-order valence-corrected chi connectivity index (χ1v) is 6.70. The van der Waals surface area contributed by atoms with E-state index < -0.39 is 10.0 Å². The van der Waals surface area contributed by atoms with Gasteiger partial charge in [-0.1, -0.05) is 32.9 Å². The van der Waals surface area contributed by atoms with Crippen molar-refractivity contribution < 1.29 is 8.42 Å². The molecule has 0 spiro atoms. The monoisotopic (exact) mass is 242 g/mol. The standard InChI is InChI=1S/C11H18N2O2S/c1-11(2,3)8-16(14,15)13-10-7-5-4-6-9(10)12/h4-7,13H,8,12H2,1-3H3. The minimum Gasteiger partial charge on any atom is -0.397 e. The molecule has 4 nitrogen and oxygen atoms in total. The van der Waals surface area contributed by atoms with Crippen molar-refractivity contribution in [2.45, 2.75) is 20.8 Å². The van der Waals surface area contributed by atoms with Crippen molar-refractivity contribution in [3.63, 3.8) is 0 Å². The number of nitrogens with two attached hydrogens (primary N) is 1. The summed E-state index contributed by atoms with van der Waals surface area (Å²) in [6, 6.07) is 6.81. The third kappa shape index (κ3) is 4.10. The third-order valence-corrected chi connectivity index (χ3v) is 3.63. The van der Waals surface area contributed by atoms with Crippen LogP contribution in [0.15, 0.2) is 24.3 Å². The van der Waals surface area contributed by atoms with Crippen LogP contribution in [0.25, 0.3) is 0 Å². The number of hydrogen-bond donors (Lipinski definition) is 2. The number of nitrogens with one attached hydrogen (secondary N) is 1. The summed E-state index contributed by atoms with van der Waals surface area (Å²) in [4.78, 5) is 0. The second-order valence-corrected chi connectivity index (χ2v) is 6.73. The van der Waals surface area contributed by atoms with Gasteiger partial charge in [-0.3, -0.25) is 4.72 Å². The molecule has 1 aromatic rings. The van der Waals surface area contributed by atoms with E-state index in [0.29, 0.717) is 11.4 Å². The molecule has 0 heterocycles. The first-order valence-electron chi connectivity index (χ1n) is 5.05. The van der Waals surface area contributed by atoms with Gasteiger partial charge in [0.1, 0.15) is 0 Å². The molecular weight excluding hydrogens is 224 g/mol. The van der Waals surface area contributed by atoms with Crippen LogP contribution in [-0.2, 0) is 10.0 Å². The van der Waals surface area contributed by atoms with Gasteiger partial charge in [0.15, 0.2) is 0 Å². The fourth-order valence-electron chi connectivity index (χ4n) is 1.36. The molecule has 0 saturated carbocycles. The molecule has 0 aliphatic rings. The SMILES string of the molecule is CC(C)(C)CS(=O)(=O)Nc1ccccc1N. The van der Waals surface area contributed by atoms with E-state index in [1.165, 1.54) is 0 Å². The number of para-hydroxylation sites is 2. The molecule has 0 aliphatic carbocycles. The topological polar surface area (TPSA) is 72.2 Å². The van der Waals surface area contributed by atoms with Gasteiger partial charge in [-0.05, 0) is 17.5 Å². The van der Waals surface area contributed by atoms with Gasteiger partial charge in [0.2, 0.25) is 10.0 Å². The zero-order chi connectivity index (χ0) is 12.4. The van der Waals surface area contributed by atoms with E-state index in [1.54, 1.807) is 24.3 Å². The van der Waals surface area contributed by atoms with Gasteiger partial charge < -0.3 is 5.73 Å². The van der Waals surface area contributed by atoms with E-state index in [9.17, 15) is 8.42 Å². The summed E-state index contributed by atoms with van der Waals surface area (Å²) in [6.45, 7) is 5.63. The van der Waals surface area contributed by atoms with Crippen LogP contribution in [0.2, 0.25) is 0 Å². The average molecular weight is 242 g/mol. The Balaban J connectivity index is 2.86. The van der Waals surface area contributed by atoms with Gasteiger partial charge in [-0.15, -0.1) is 0 Å². The summed E-state index contributed by atoms with van der Waals surface area (Å²) in [5.74, 6) is 0.0638. The molecule has 1 rings (SSSR count). The summed E-state index contributed by atoms with van der Waals surface area (Å²) in [5.41, 5.74) is 6.25. The van der Waals surface area contributed by atoms with E-state index in [4.69, 9.17) is 5.73 Å². The predicted octanol–water partition coefficient (Wildman–Crippen LogP) is 2.06. The Kier molecular flexibility index (Phi) is 3.48. The summed E-state index contributed by atoms with van der Waals surface area (Å²) in [7, 11) is -3.34. The smallest absolute Gasteiger partial charge is 0.233 e. The highest BCUT2D eigenvalue weighted by atomic mass is 32.2. The number of benzene rings is 1. The summed E-state index contributed by atoms with van der Waals surface area (Å²) in [5, 5.41) is 0. The van der Waals surface area contributed by atoms with Gasteiger partial charge in [-0.25, -0.2) is 8.42 Å². The molecule has 0 aliphatic heterocycles. The molecule has 0 unspecified atom stereocenters. The Hall–Kier alpha value is -1.23. The van der Waals surface area contributed by atoms with Crippen molar-refractivity contribution in [2.75, 3.05) is 16.2 Å². The lowest BCUT2D eigenvalue weighted by molar-refractivity contribution is 0.463. The number of anilines is 2. The maximum absolute atomic E-state index is 11.8. The van der Waals surface area contributed by atoms with Gasteiger partial charge in [-0.2, -0.15) is 0 Å². The molecule has 0 amide bonds. The highest BCUT2D eigenvalue weighted by Crippen LogP contribution is 2.22. The number of hydrogen-bond acceptors (Lipinski definition) is 3. The van der Waals surface area contributed by atoms with Crippen LogP contribution < -0.4 is 10.5 Å². The van der Waals surface area contributed by atoms with E-state index in [0.717, 1.165) is 0 Å². The number of sulfonamides is 1. The van der Waals surface area contributed by atoms with E-state index in [1.807, 2.05) is 20.8 Å². The zero-order valence-electron chi connectivity index (χ0n) is 9.82. The maximum atomic E-state index is 11.8. The molecule has 5 heteroatoms. The van der Waals surface area contributed by atoms with Crippen LogP contribution in [0.3, 0.4) is 0 Å². The van der Waals surface area contributed by atoms with Crippen LogP contribution in [0.4, 0.5) is 11.4 Å². The Bertz CT molecular complexity index is 461. The molecule has 0 fully saturated rings. The largest absolute Gasteiger partial charge is 0.397 e. The van der Waals surface area contributed by atoms with Crippen LogP contribution in [0, 0.1) is 5.41 Å². The Morgan fingerprint density at radius 2 is 1.81 bits per heavy atom. The van der Waals surface area contributed by atoms with Crippen LogP contribution in [0.1, 0.15) is 20.8 Å². The molecule has 3 N–H and O–H groups in total. The lowest BCUT2D eigenvalue weighted by Crippen LogP contribution is -2.26. The van der Waals surface area contributed by atoms with Crippen molar-refractivity contribution in [3.05, 3.63) is 24.3 Å². The first-order chi connectivity index (χ1) is 7.20. The number of rotatable bonds is 3. The van der Waals surface area contributed by atoms with Crippen molar-refractivity contribution in [2.24, 2.45) is 5.41 Å². The molecule has 0 radical (unpaired) electrons. The quantitative estimate of drug-likeness (QED) is 0.797. The zero-order valence-corrected chi connectivity index (χ0v) is 10.6. The van der Waals surface area contributed by atoms with Crippen molar-refractivity contribution in [3.8, 4) is 0 Å². The summed E-state index contributed by atoms with van der Waals surface area (Å²) in [6.07, 6.45) is 0. The highest BCUT2D eigenvalue weighted by Gasteiger charge is 2.21. The minimum atomic E-state index is -3.34. The van der Waals surface area contributed by atoms with E-state index in [2.05, 4.69) is 4.72 Å². The molecular formula is C11H18N2O2S. The second-order valence-electron chi connectivity index (χ2n) is 5.01. The van der Waals surface area contributed by atoms with E-state index in [-0.39, 0.29) is 11.2 Å². The molecule has 0 atom stereocenters. The van der Waals surface area contributed by atoms with Gasteiger partial charge >= 0.3 is 0 Å². The molecule has 1 aromatic carbocycles. The molecule has 0 aromatic heterocycles. The first kappa shape index (κ1) is 12.8. The van der Waals surface area contributed by atoms with Gasteiger partial charge in [0.05, 0.1) is 17.1 Å². The average Bonchev–Trinajstić information content (AvgIpc) is 2.04. The summed E-state index contributed by atoms with van der Waals surface area (Å²) < 4.78 is 26.1. The summed E-state index contributed by atoms with van der Waals surface area (Å²) >= 11 is 0. The lowest BCUT2D eigenvalue weighted by atomic mass is 10.0. The van der Waals surface area contributed by atoms with E-state index >= 15 is 0 Å². The Labute approximate surface area is 96.9 Å². The predicted molar refractivity (Wildman–Crippen MR) is 67.7 cm³/mol. The fourth-order valence-corrected chi connectivity index (χ4v) is 3.10. The Morgan fingerprint density at radius 1 is 1.25 bits per heavy atom. The second kappa shape index (κ2) is 4.33. The third-order valence-electron chi connectivity index (χ3n) is 1.85. The highest BCUT2D eigenvalue weighted by molar-refractivity contribution is 7.92. The van der Waals surface area contributed by atoms with Crippen molar-refractivity contribution in [1.82, 2.24) is 0 Å². The lowest BCUT2D eigenvalue weighted by Gasteiger charge is -2.19. The van der Waals surface area contributed by atoms with Crippen LogP contribution >= 0.6 is 0 Å². The van der Waals surface area contributed by atoms with Gasteiger partial charge in [0, 0.05) is 0 Å². The fraction of sp³-hybridized carbons (Fsp3) is 0.455. The van der Waals surface area contributed by atoms with Crippen LogP contribution in [0.5, 0.6) is 0 Å². The molecule has 0 saturated heterocycles. The molecule has 0 bridgehead atoms. The minimum absolute atomic E-state index is 0.0638. The normalized spacial score (nSPS) is 12.4. The van der Waals surface area contributed by atoms with Crippen molar-refractivity contribution >= 4 is 21.4 Å². The van der Waals surface area contributed by atoms with Crippen molar-refractivity contribution in [1.29, 1.82) is 0 Å². The Morgan fingerprint density at radius 3 is 2.31 bits per heavy atom. The maximum Gasteiger partial charge on any atom is 0.233 e. The molecule has 16 heavy (non-hydrogen) atoms. The van der Waals surface area contributed by atoms with Gasteiger partial charge in [0.25, 0.3) is 0 Å². The van der Waals surface area contributed by atoms with Crippen LogP contribution in [-0.4, -0.2) is 14.2 Å². The number of nitrogen functional groups attached to an aromatic ring is 1. The molecule has 90 valence electrons.